The summed E-state index contributed by atoms with van der Waals surface area (Å²) in [6, 6.07) is -0.803. The summed E-state index contributed by atoms with van der Waals surface area (Å²) in [6.45, 7) is 1.72. The quantitative estimate of drug-likeness (QED) is 0.348. The molecular formula is C15H26N4O7. The lowest BCUT2D eigenvalue weighted by Crippen LogP contribution is -2.49. The number of nitrogens with two attached hydrogens (primary N) is 1. The number of primary amides is 1. The van der Waals surface area contributed by atoms with Crippen molar-refractivity contribution in [1.82, 2.24) is 14.7 Å². The van der Waals surface area contributed by atoms with Gasteiger partial charge in [-0.3, -0.25) is 33.9 Å². The molecule has 0 spiro atoms. The molecule has 1 fully saturated rings. The standard InChI is InChI=1S/C15H26N4O7/c16-15(26)11(1-2-12(20)21)19-7-5-17(9-13(22)23)3-4-18(6-8-19)10-14(24)25/h11H,1-10H2,(H2,16,26)(H,20,21)(H,22,23)(H,24,25). The molecular weight excluding hydrogens is 348 g/mol. The van der Waals surface area contributed by atoms with Gasteiger partial charge < -0.3 is 21.1 Å². The zero-order valence-electron chi connectivity index (χ0n) is 14.5. The molecule has 11 nitrogen and oxygen atoms in total. The monoisotopic (exact) mass is 374 g/mol. The second kappa shape index (κ2) is 10.7. The van der Waals surface area contributed by atoms with E-state index in [1.807, 2.05) is 0 Å². The Morgan fingerprint density at radius 1 is 0.769 bits per heavy atom. The highest BCUT2D eigenvalue weighted by atomic mass is 16.4. The largest absolute Gasteiger partial charge is 0.481 e. The predicted octanol–water partition coefficient (Wildman–Crippen LogP) is -2.21. The van der Waals surface area contributed by atoms with Gasteiger partial charge in [0.2, 0.25) is 5.91 Å². The molecule has 1 unspecified atom stereocenters. The minimum absolute atomic E-state index is 0.0442. The van der Waals surface area contributed by atoms with E-state index < -0.39 is 29.9 Å². The fourth-order valence-corrected chi connectivity index (χ4v) is 2.93. The topological polar surface area (TPSA) is 165 Å². The van der Waals surface area contributed by atoms with Crippen LogP contribution in [0.2, 0.25) is 0 Å². The van der Waals surface area contributed by atoms with Crippen LogP contribution in [-0.4, -0.2) is 112 Å². The molecule has 1 aliphatic heterocycles. The van der Waals surface area contributed by atoms with E-state index in [2.05, 4.69) is 0 Å². The van der Waals surface area contributed by atoms with Gasteiger partial charge in [-0.15, -0.1) is 0 Å². The number of carboxylic acids is 3. The lowest BCUT2D eigenvalue weighted by molar-refractivity contribution is -0.140. The molecule has 0 bridgehead atoms. The van der Waals surface area contributed by atoms with E-state index in [0.29, 0.717) is 39.3 Å². The first-order valence-electron chi connectivity index (χ1n) is 8.32. The highest BCUT2D eigenvalue weighted by Crippen LogP contribution is 2.10. The maximum absolute atomic E-state index is 11.8. The Morgan fingerprint density at radius 2 is 1.19 bits per heavy atom. The minimum Gasteiger partial charge on any atom is -0.481 e. The summed E-state index contributed by atoms with van der Waals surface area (Å²) in [5, 5.41) is 26.9. The van der Waals surface area contributed by atoms with Gasteiger partial charge >= 0.3 is 17.9 Å². The van der Waals surface area contributed by atoms with Crippen molar-refractivity contribution in [3.05, 3.63) is 0 Å². The Morgan fingerprint density at radius 3 is 1.54 bits per heavy atom. The SMILES string of the molecule is NC(=O)C(CCC(=O)O)N1CCN(CC(=O)O)CCN(CC(=O)O)CC1. The van der Waals surface area contributed by atoms with E-state index in [-0.39, 0.29) is 25.9 Å². The third-order valence-corrected chi connectivity index (χ3v) is 4.26. The van der Waals surface area contributed by atoms with Crippen LogP contribution < -0.4 is 5.73 Å². The van der Waals surface area contributed by atoms with Gasteiger partial charge in [0.25, 0.3) is 0 Å². The highest BCUT2D eigenvalue weighted by molar-refractivity contribution is 5.80. The molecule has 148 valence electrons. The van der Waals surface area contributed by atoms with E-state index in [0.717, 1.165) is 0 Å². The van der Waals surface area contributed by atoms with E-state index in [1.54, 1.807) is 14.7 Å². The average molecular weight is 374 g/mol. The van der Waals surface area contributed by atoms with Gasteiger partial charge in [-0.05, 0) is 6.42 Å². The van der Waals surface area contributed by atoms with Crippen LogP contribution in [-0.2, 0) is 19.2 Å². The van der Waals surface area contributed by atoms with Crippen molar-refractivity contribution in [1.29, 1.82) is 0 Å². The number of amides is 1. The van der Waals surface area contributed by atoms with Gasteiger partial charge in [-0.25, -0.2) is 0 Å². The van der Waals surface area contributed by atoms with Gasteiger partial charge in [0, 0.05) is 45.7 Å². The van der Waals surface area contributed by atoms with Crippen molar-refractivity contribution < 1.29 is 34.5 Å². The first-order chi connectivity index (χ1) is 12.2. The van der Waals surface area contributed by atoms with E-state index in [1.165, 1.54) is 0 Å². The van der Waals surface area contributed by atoms with Crippen molar-refractivity contribution in [3.8, 4) is 0 Å². The zero-order valence-corrected chi connectivity index (χ0v) is 14.5. The fourth-order valence-electron chi connectivity index (χ4n) is 2.93. The molecule has 1 aliphatic rings. The van der Waals surface area contributed by atoms with Crippen LogP contribution in [0.4, 0.5) is 0 Å². The van der Waals surface area contributed by atoms with Crippen molar-refractivity contribution in [2.45, 2.75) is 18.9 Å². The molecule has 1 amide bonds. The summed E-state index contributed by atoms with van der Waals surface area (Å²) in [4.78, 5) is 49.6. The van der Waals surface area contributed by atoms with Gasteiger partial charge in [0.15, 0.2) is 0 Å². The van der Waals surface area contributed by atoms with Crippen molar-refractivity contribution in [2.75, 3.05) is 52.4 Å². The van der Waals surface area contributed by atoms with Crippen molar-refractivity contribution >= 4 is 23.8 Å². The van der Waals surface area contributed by atoms with Crippen LogP contribution in [0.5, 0.6) is 0 Å². The smallest absolute Gasteiger partial charge is 0.317 e. The van der Waals surface area contributed by atoms with E-state index >= 15 is 0 Å². The zero-order chi connectivity index (χ0) is 19.7. The number of carbonyl (C=O) groups excluding carboxylic acids is 1. The summed E-state index contributed by atoms with van der Waals surface area (Å²) in [6.07, 6.45) is -0.176. The minimum atomic E-state index is -1.04. The molecule has 11 heteroatoms. The number of carbonyl (C=O) groups is 4. The molecule has 1 heterocycles. The number of carboxylic acid groups (broad SMARTS) is 3. The number of aliphatic carboxylic acids is 3. The second-order valence-corrected chi connectivity index (χ2v) is 6.23. The molecule has 0 radical (unpaired) electrons. The fraction of sp³-hybridized carbons (Fsp3) is 0.733. The summed E-state index contributed by atoms with van der Waals surface area (Å²) >= 11 is 0. The first-order valence-corrected chi connectivity index (χ1v) is 8.32. The second-order valence-electron chi connectivity index (χ2n) is 6.23. The van der Waals surface area contributed by atoms with Crippen LogP contribution in [0.15, 0.2) is 0 Å². The third-order valence-electron chi connectivity index (χ3n) is 4.26. The molecule has 26 heavy (non-hydrogen) atoms. The van der Waals surface area contributed by atoms with Crippen LogP contribution in [0, 0.1) is 0 Å². The predicted molar refractivity (Wildman–Crippen MR) is 89.6 cm³/mol. The molecule has 0 saturated carbocycles. The van der Waals surface area contributed by atoms with Gasteiger partial charge in [0.05, 0.1) is 19.1 Å². The highest BCUT2D eigenvalue weighted by Gasteiger charge is 2.27. The summed E-state index contributed by atoms with van der Waals surface area (Å²) in [7, 11) is 0. The maximum Gasteiger partial charge on any atom is 0.317 e. The Balaban J connectivity index is 2.90. The van der Waals surface area contributed by atoms with Crippen LogP contribution in [0.3, 0.4) is 0 Å². The number of rotatable bonds is 9. The molecule has 0 aromatic carbocycles. The average Bonchev–Trinajstić information content (AvgIpc) is 2.59. The first kappa shape index (κ1) is 21.8. The lowest BCUT2D eigenvalue weighted by Gasteiger charge is -2.31. The van der Waals surface area contributed by atoms with Gasteiger partial charge in [-0.1, -0.05) is 0 Å². The van der Waals surface area contributed by atoms with E-state index in [9.17, 15) is 19.2 Å². The lowest BCUT2D eigenvalue weighted by atomic mass is 10.1. The maximum atomic E-state index is 11.8. The van der Waals surface area contributed by atoms with Gasteiger partial charge in [0.1, 0.15) is 0 Å². The molecule has 1 rings (SSSR count). The number of hydrogen-bond donors (Lipinski definition) is 4. The normalized spacial score (nSPS) is 19.1. The van der Waals surface area contributed by atoms with Gasteiger partial charge in [-0.2, -0.15) is 0 Å². The molecule has 1 atom stereocenters. The number of hydrogen-bond acceptors (Lipinski definition) is 7. The Bertz CT molecular complexity index is 500. The van der Waals surface area contributed by atoms with Crippen LogP contribution >= 0.6 is 0 Å². The van der Waals surface area contributed by atoms with E-state index in [4.69, 9.17) is 21.1 Å². The van der Waals surface area contributed by atoms with Crippen molar-refractivity contribution in [3.63, 3.8) is 0 Å². The molecule has 0 aromatic heterocycles. The van der Waals surface area contributed by atoms with Crippen LogP contribution in [0.25, 0.3) is 0 Å². The molecule has 1 saturated heterocycles. The number of nitrogens with zero attached hydrogens (tertiary/aromatic N) is 3. The summed E-state index contributed by atoms with van der Waals surface area (Å²) in [5.41, 5.74) is 5.42. The van der Waals surface area contributed by atoms with Crippen LogP contribution in [0.1, 0.15) is 12.8 Å². The summed E-state index contributed by atoms with van der Waals surface area (Å²) < 4.78 is 0. The Hall–Kier alpha value is -2.24. The Kier molecular flexibility index (Phi) is 8.96. The third kappa shape index (κ3) is 8.23. The molecule has 0 aromatic rings. The van der Waals surface area contributed by atoms with Crippen molar-refractivity contribution in [2.24, 2.45) is 5.73 Å². The Labute approximate surface area is 150 Å². The summed E-state index contributed by atoms with van der Waals surface area (Å²) in [5.74, 6) is -3.70. The molecule has 0 aliphatic carbocycles. The molecule has 5 N–H and O–H groups in total.